The van der Waals surface area contributed by atoms with Crippen LogP contribution in [0.5, 0.6) is 0 Å². The molecule has 3 aromatic rings. The number of hydrogen-bond donors (Lipinski definition) is 0. The largest absolute Gasteiger partial charge is 0.340 e. The Morgan fingerprint density at radius 3 is 2.44 bits per heavy atom. The molecular formula is C20H20N6O. The Balaban J connectivity index is 1.25. The standard InChI is InChI=1S/C20H20N6O/c27-19-4-3-18(16-5-7-21-8-6-16)24-26(19)13-14-11-25(12-14)20-22-9-17(10-23-20)15-1-2-15/h3-10,14-15H,1-2,11-13H2. The molecule has 4 heterocycles. The lowest BCUT2D eigenvalue weighted by Gasteiger charge is -2.39. The van der Waals surface area contributed by atoms with Crippen LogP contribution >= 0.6 is 0 Å². The number of aromatic nitrogens is 5. The molecule has 2 fully saturated rings. The van der Waals surface area contributed by atoms with Crippen LogP contribution in [-0.2, 0) is 6.54 Å². The van der Waals surface area contributed by atoms with Gasteiger partial charge in [0.2, 0.25) is 5.95 Å². The van der Waals surface area contributed by atoms with Crippen molar-refractivity contribution in [2.24, 2.45) is 5.92 Å². The summed E-state index contributed by atoms with van der Waals surface area (Å²) in [5.41, 5.74) is 2.92. The summed E-state index contributed by atoms with van der Waals surface area (Å²) in [6.45, 7) is 2.29. The van der Waals surface area contributed by atoms with Crippen molar-refractivity contribution < 1.29 is 0 Å². The molecule has 1 aliphatic carbocycles. The minimum Gasteiger partial charge on any atom is -0.340 e. The zero-order valence-corrected chi connectivity index (χ0v) is 14.9. The third-order valence-electron chi connectivity index (χ3n) is 5.22. The van der Waals surface area contributed by atoms with Gasteiger partial charge in [0.05, 0.1) is 12.2 Å². The Bertz CT molecular complexity index is 991. The van der Waals surface area contributed by atoms with E-state index in [9.17, 15) is 4.79 Å². The van der Waals surface area contributed by atoms with Gasteiger partial charge < -0.3 is 4.90 Å². The quantitative estimate of drug-likeness (QED) is 0.694. The fourth-order valence-corrected chi connectivity index (χ4v) is 3.47. The van der Waals surface area contributed by atoms with E-state index < -0.39 is 0 Å². The molecule has 3 aromatic heterocycles. The number of anilines is 1. The van der Waals surface area contributed by atoms with Gasteiger partial charge in [0.15, 0.2) is 0 Å². The number of hydrogen-bond acceptors (Lipinski definition) is 6. The highest BCUT2D eigenvalue weighted by molar-refractivity contribution is 5.57. The van der Waals surface area contributed by atoms with Crippen molar-refractivity contribution in [1.82, 2.24) is 24.7 Å². The van der Waals surface area contributed by atoms with Crippen LogP contribution in [0.4, 0.5) is 5.95 Å². The molecule has 7 heteroatoms. The van der Waals surface area contributed by atoms with E-state index in [0.29, 0.717) is 18.4 Å². The summed E-state index contributed by atoms with van der Waals surface area (Å²) < 4.78 is 1.56. The molecule has 1 saturated carbocycles. The van der Waals surface area contributed by atoms with Gasteiger partial charge in [-0.1, -0.05) is 0 Å². The van der Waals surface area contributed by atoms with Crippen LogP contribution in [0, 0.1) is 5.92 Å². The highest BCUT2D eigenvalue weighted by Gasteiger charge is 2.30. The molecule has 136 valence electrons. The van der Waals surface area contributed by atoms with E-state index in [0.717, 1.165) is 30.3 Å². The first-order valence-corrected chi connectivity index (χ1v) is 9.32. The van der Waals surface area contributed by atoms with Gasteiger partial charge in [0.25, 0.3) is 5.56 Å². The SMILES string of the molecule is O=c1ccc(-c2ccncc2)nn1CC1CN(c2ncc(C3CC3)cn2)C1. The number of pyridine rings is 1. The second-order valence-electron chi connectivity index (χ2n) is 7.34. The molecule has 5 rings (SSSR count). The maximum absolute atomic E-state index is 12.2. The summed E-state index contributed by atoms with van der Waals surface area (Å²) in [5, 5.41) is 4.53. The third kappa shape index (κ3) is 3.32. The molecule has 27 heavy (non-hydrogen) atoms. The molecule has 1 aliphatic heterocycles. The molecule has 0 spiro atoms. The first-order valence-electron chi connectivity index (χ1n) is 9.32. The van der Waals surface area contributed by atoms with Gasteiger partial charge in [-0.15, -0.1) is 0 Å². The predicted octanol–water partition coefficient (Wildman–Crippen LogP) is 2.11. The van der Waals surface area contributed by atoms with E-state index in [1.807, 2.05) is 24.5 Å². The third-order valence-corrected chi connectivity index (χ3v) is 5.22. The average Bonchev–Trinajstić information content (AvgIpc) is 3.52. The lowest BCUT2D eigenvalue weighted by atomic mass is 10.0. The molecular weight excluding hydrogens is 340 g/mol. The van der Waals surface area contributed by atoms with Crippen molar-refractivity contribution in [3.8, 4) is 11.3 Å². The summed E-state index contributed by atoms with van der Waals surface area (Å²) in [5.74, 6) is 1.82. The van der Waals surface area contributed by atoms with Crippen LogP contribution in [0.2, 0.25) is 0 Å². The number of rotatable bonds is 5. The zero-order valence-electron chi connectivity index (χ0n) is 14.9. The Morgan fingerprint density at radius 2 is 1.74 bits per heavy atom. The molecule has 0 bridgehead atoms. The lowest BCUT2D eigenvalue weighted by Crippen LogP contribution is -2.50. The Hall–Kier alpha value is -3.09. The normalized spacial score (nSPS) is 17.0. The fraction of sp³-hybridized carbons (Fsp3) is 0.350. The van der Waals surface area contributed by atoms with E-state index >= 15 is 0 Å². The Morgan fingerprint density at radius 1 is 1.00 bits per heavy atom. The van der Waals surface area contributed by atoms with Crippen molar-refractivity contribution in [3.63, 3.8) is 0 Å². The number of nitrogens with zero attached hydrogens (tertiary/aromatic N) is 6. The predicted molar refractivity (Wildman–Crippen MR) is 101 cm³/mol. The fourth-order valence-electron chi connectivity index (χ4n) is 3.47. The maximum atomic E-state index is 12.2. The van der Waals surface area contributed by atoms with Crippen LogP contribution in [0.3, 0.4) is 0 Å². The van der Waals surface area contributed by atoms with E-state index in [1.54, 1.807) is 29.2 Å². The summed E-state index contributed by atoms with van der Waals surface area (Å²) in [6.07, 6.45) is 9.88. The minimum atomic E-state index is -0.0729. The summed E-state index contributed by atoms with van der Waals surface area (Å²) in [6, 6.07) is 7.13. The molecule has 0 aromatic carbocycles. The monoisotopic (exact) mass is 360 g/mol. The van der Waals surface area contributed by atoms with Crippen LogP contribution in [0.15, 0.2) is 53.8 Å². The summed E-state index contributed by atoms with van der Waals surface area (Å²) >= 11 is 0. The molecule has 1 saturated heterocycles. The highest BCUT2D eigenvalue weighted by atomic mass is 16.1. The molecule has 0 N–H and O–H groups in total. The van der Waals surface area contributed by atoms with Gasteiger partial charge in [0, 0.05) is 55.4 Å². The lowest BCUT2D eigenvalue weighted by molar-refractivity contribution is 0.331. The van der Waals surface area contributed by atoms with Crippen molar-refractivity contribution in [2.45, 2.75) is 25.3 Å². The first-order chi connectivity index (χ1) is 13.3. The Labute approximate surface area is 156 Å². The van der Waals surface area contributed by atoms with E-state index in [-0.39, 0.29) is 5.56 Å². The molecule has 0 atom stereocenters. The van der Waals surface area contributed by atoms with Crippen molar-refractivity contribution in [1.29, 1.82) is 0 Å². The second-order valence-corrected chi connectivity index (χ2v) is 7.34. The van der Waals surface area contributed by atoms with Gasteiger partial charge in [0.1, 0.15) is 0 Å². The van der Waals surface area contributed by atoms with E-state index in [1.165, 1.54) is 18.4 Å². The topological polar surface area (TPSA) is 76.8 Å². The van der Waals surface area contributed by atoms with Gasteiger partial charge in [-0.3, -0.25) is 9.78 Å². The average molecular weight is 360 g/mol. The van der Waals surface area contributed by atoms with Crippen molar-refractivity contribution in [3.05, 3.63) is 65.0 Å². The van der Waals surface area contributed by atoms with Crippen molar-refractivity contribution in [2.75, 3.05) is 18.0 Å². The molecule has 0 radical (unpaired) electrons. The van der Waals surface area contributed by atoms with Gasteiger partial charge in [-0.25, -0.2) is 14.6 Å². The molecule has 0 unspecified atom stereocenters. The molecule has 2 aliphatic rings. The van der Waals surface area contributed by atoms with Crippen LogP contribution in [0.1, 0.15) is 24.3 Å². The molecule has 7 nitrogen and oxygen atoms in total. The maximum Gasteiger partial charge on any atom is 0.266 e. The smallest absolute Gasteiger partial charge is 0.266 e. The first kappa shape index (κ1) is 16.1. The van der Waals surface area contributed by atoms with Crippen LogP contribution < -0.4 is 10.5 Å². The highest BCUT2D eigenvalue weighted by Crippen LogP contribution is 2.39. The second kappa shape index (κ2) is 6.57. The summed E-state index contributed by atoms with van der Waals surface area (Å²) in [7, 11) is 0. The van der Waals surface area contributed by atoms with Gasteiger partial charge in [-0.2, -0.15) is 5.10 Å². The summed E-state index contributed by atoms with van der Waals surface area (Å²) in [4.78, 5) is 27.4. The molecule has 0 amide bonds. The van der Waals surface area contributed by atoms with Crippen molar-refractivity contribution >= 4 is 5.95 Å². The van der Waals surface area contributed by atoms with E-state index in [4.69, 9.17) is 0 Å². The van der Waals surface area contributed by atoms with E-state index in [2.05, 4.69) is 25.0 Å². The Kier molecular flexibility index (Phi) is 3.92. The van der Waals surface area contributed by atoms with Crippen LogP contribution in [0.25, 0.3) is 11.3 Å². The van der Waals surface area contributed by atoms with Gasteiger partial charge >= 0.3 is 0 Å². The zero-order chi connectivity index (χ0) is 18.2. The van der Waals surface area contributed by atoms with Gasteiger partial charge in [-0.05, 0) is 42.5 Å². The van der Waals surface area contributed by atoms with Crippen LogP contribution in [-0.4, -0.2) is 37.8 Å². The minimum absolute atomic E-state index is 0.0729.